The molecule has 0 bridgehead atoms. The van der Waals surface area contributed by atoms with Gasteiger partial charge in [0, 0.05) is 23.4 Å². The summed E-state index contributed by atoms with van der Waals surface area (Å²) in [5, 5.41) is 15.7. The topological polar surface area (TPSA) is 157 Å². The van der Waals surface area contributed by atoms with Crippen molar-refractivity contribution in [2.24, 2.45) is 0 Å². The summed E-state index contributed by atoms with van der Waals surface area (Å²) in [6.07, 6.45) is 1.24. The fourth-order valence-corrected chi connectivity index (χ4v) is 3.52. The van der Waals surface area contributed by atoms with Gasteiger partial charge in [0.1, 0.15) is 17.1 Å². The Kier molecular flexibility index (Phi) is 7.43. The van der Waals surface area contributed by atoms with Crippen molar-refractivity contribution in [2.45, 2.75) is 0 Å². The van der Waals surface area contributed by atoms with Crippen molar-refractivity contribution >= 4 is 46.9 Å². The third-order valence-electron chi connectivity index (χ3n) is 5.37. The van der Waals surface area contributed by atoms with Gasteiger partial charge in [-0.05, 0) is 48.5 Å². The molecular weight excluding hydrogens is 496 g/mol. The monoisotopic (exact) mass is 516 g/mol. The molecule has 1 fully saturated rings. The maximum Gasteiger partial charge on any atom is 0.335 e. The Hall–Kier alpha value is -5.52. The molecule has 1 aliphatic heterocycles. The van der Waals surface area contributed by atoms with Crippen LogP contribution in [-0.2, 0) is 14.4 Å². The highest BCUT2D eigenvalue weighted by atomic mass is 16.6. The van der Waals surface area contributed by atoms with Crippen LogP contribution in [-0.4, -0.2) is 42.4 Å². The van der Waals surface area contributed by atoms with Gasteiger partial charge in [0.25, 0.3) is 23.4 Å². The second kappa shape index (κ2) is 11.0. The number of carbonyl (C=O) groups excluding carboxylic acids is 4. The van der Waals surface area contributed by atoms with Crippen molar-refractivity contribution in [3.05, 3.63) is 94.0 Å². The molecule has 3 aromatic carbocycles. The smallest absolute Gasteiger partial charge is 0.335 e. The zero-order valence-corrected chi connectivity index (χ0v) is 19.9. The summed E-state index contributed by atoms with van der Waals surface area (Å²) in [6, 6.07) is 16.8. The van der Waals surface area contributed by atoms with Gasteiger partial charge in [-0.2, -0.15) is 0 Å². The van der Waals surface area contributed by atoms with E-state index in [-0.39, 0.29) is 29.3 Å². The molecule has 3 aromatic rings. The first-order valence-electron chi connectivity index (χ1n) is 11.1. The largest absolute Gasteiger partial charge is 0.497 e. The van der Waals surface area contributed by atoms with Crippen LogP contribution >= 0.6 is 0 Å². The van der Waals surface area contributed by atoms with Crippen LogP contribution in [0.5, 0.6) is 11.5 Å². The molecule has 2 N–H and O–H groups in total. The highest BCUT2D eigenvalue weighted by Crippen LogP contribution is 2.27. The van der Waals surface area contributed by atoms with Crippen LogP contribution in [0.1, 0.15) is 5.56 Å². The lowest BCUT2D eigenvalue weighted by Crippen LogP contribution is -2.54. The molecule has 0 radical (unpaired) electrons. The molecule has 12 nitrogen and oxygen atoms in total. The molecular formula is C26H20N4O8. The SMILES string of the molecule is COc1ccc(NC(=O)COc2ccccc2/C=C2/C(=O)NC(=O)N(c3ccc([N+](=O)[O-])cc3)C2=O)cc1. The molecule has 1 aliphatic rings. The fraction of sp³-hybridized carbons (Fsp3) is 0.0769. The summed E-state index contributed by atoms with van der Waals surface area (Å²) in [5.41, 5.74) is 0.280. The van der Waals surface area contributed by atoms with Crippen LogP contribution in [0.15, 0.2) is 78.4 Å². The molecule has 0 aliphatic carbocycles. The normalized spacial score (nSPS) is 14.2. The summed E-state index contributed by atoms with van der Waals surface area (Å²) in [5.74, 6) is -1.45. The van der Waals surface area contributed by atoms with Gasteiger partial charge in [-0.3, -0.25) is 29.8 Å². The van der Waals surface area contributed by atoms with Crippen molar-refractivity contribution in [1.82, 2.24) is 5.32 Å². The Labute approximate surface area is 215 Å². The van der Waals surface area contributed by atoms with Gasteiger partial charge < -0.3 is 14.8 Å². The molecule has 38 heavy (non-hydrogen) atoms. The van der Waals surface area contributed by atoms with E-state index in [1.54, 1.807) is 48.5 Å². The molecule has 1 saturated heterocycles. The number of para-hydroxylation sites is 1. The molecule has 0 atom stereocenters. The number of nitro groups is 1. The Bertz CT molecular complexity index is 1450. The molecule has 4 rings (SSSR count). The summed E-state index contributed by atoms with van der Waals surface area (Å²) in [7, 11) is 1.53. The lowest BCUT2D eigenvalue weighted by molar-refractivity contribution is -0.384. The van der Waals surface area contributed by atoms with E-state index in [4.69, 9.17) is 9.47 Å². The number of non-ortho nitro benzene ring substituents is 1. The van der Waals surface area contributed by atoms with E-state index in [0.717, 1.165) is 12.1 Å². The van der Waals surface area contributed by atoms with Gasteiger partial charge in [-0.1, -0.05) is 18.2 Å². The lowest BCUT2D eigenvalue weighted by atomic mass is 10.1. The number of hydrogen-bond donors (Lipinski definition) is 2. The number of carbonyl (C=O) groups is 4. The average Bonchev–Trinajstić information content (AvgIpc) is 2.91. The maximum atomic E-state index is 13.1. The van der Waals surface area contributed by atoms with Gasteiger partial charge in [0.15, 0.2) is 6.61 Å². The van der Waals surface area contributed by atoms with Gasteiger partial charge in [-0.25, -0.2) is 9.69 Å². The summed E-state index contributed by atoms with van der Waals surface area (Å²) in [6.45, 7) is -0.361. The zero-order valence-electron chi connectivity index (χ0n) is 19.9. The van der Waals surface area contributed by atoms with Crippen LogP contribution in [0.25, 0.3) is 6.08 Å². The van der Waals surface area contributed by atoms with E-state index in [9.17, 15) is 29.3 Å². The van der Waals surface area contributed by atoms with Crippen molar-refractivity contribution in [1.29, 1.82) is 0 Å². The Morgan fingerprint density at radius 3 is 2.37 bits per heavy atom. The highest BCUT2D eigenvalue weighted by Gasteiger charge is 2.37. The third-order valence-corrected chi connectivity index (χ3v) is 5.37. The molecule has 1 heterocycles. The van der Waals surface area contributed by atoms with Crippen LogP contribution in [0.4, 0.5) is 21.9 Å². The molecule has 12 heteroatoms. The number of urea groups is 1. The zero-order chi connectivity index (χ0) is 27.2. The third kappa shape index (κ3) is 5.65. The first-order valence-corrected chi connectivity index (χ1v) is 11.1. The van der Waals surface area contributed by atoms with Crippen molar-refractivity contribution < 1.29 is 33.6 Å². The highest BCUT2D eigenvalue weighted by molar-refractivity contribution is 6.39. The van der Waals surface area contributed by atoms with E-state index < -0.39 is 28.7 Å². The summed E-state index contributed by atoms with van der Waals surface area (Å²) < 4.78 is 10.7. The van der Waals surface area contributed by atoms with Gasteiger partial charge in [0.2, 0.25) is 0 Å². The summed E-state index contributed by atoms with van der Waals surface area (Å²) >= 11 is 0. The maximum absolute atomic E-state index is 13.1. The van der Waals surface area contributed by atoms with Crippen molar-refractivity contribution in [2.75, 3.05) is 23.9 Å². The van der Waals surface area contributed by atoms with Gasteiger partial charge in [0.05, 0.1) is 17.7 Å². The van der Waals surface area contributed by atoms with E-state index in [2.05, 4.69) is 10.6 Å². The average molecular weight is 516 g/mol. The van der Waals surface area contributed by atoms with Gasteiger partial charge >= 0.3 is 6.03 Å². The van der Waals surface area contributed by atoms with Crippen molar-refractivity contribution in [3.8, 4) is 11.5 Å². The molecule has 0 spiro atoms. The van der Waals surface area contributed by atoms with Crippen LogP contribution in [0.3, 0.4) is 0 Å². The molecule has 0 aromatic heterocycles. The number of anilines is 2. The number of nitrogens with one attached hydrogen (secondary N) is 2. The van der Waals surface area contributed by atoms with Crippen LogP contribution in [0.2, 0.25) is 0 Å². The van der Waals surface area contributed by atoms with Crippen LogP contribution in [0, 0.1) is 10.1 Å². The molecule has 0 unspecified atom stereocenters. The van der Waals surface area contributed by atoms with Crippen LogP contribution < -0.4 is 25.0 Å². The Balaban J connectivity index is 1.52. The number of nitro benzene ring substituents is 1. The first-order chi connectivity index (χ1) is 18.3. The molecule has 192 valence electrons. The number of nitrogens with zero attached hydrogens (tertiary/aromatic N) is 2. The number of amides is 5. The standard InChI is InChI=1S/C26H20N4O8/c1-37-20-12-6-17(7-13-20)27-23(31)15-38-22-5-3-2-4-16(22)14-21-24(32)28-26(34)29(25(21)33)18-8-10-19(11-9-18)30(35)36/h2-14H,15H2,1H3,(H,27,31)(H,28,32,34)/b21-14-. The lowest BCUT2D eigenvalue weighted by Gasteiger charge is -2.26. The van der Waals surface area contributed by atoms with Gasteiger partial charge in [-0.15, -0.1) is 0 Å². The number of hydrogen-bond acceptors (Lipinski definition) is 8. The minimum atomic E-state index is -0.995. The second-order valence-corrected chi connectivity index (χ2v) is 7.83. The fourth-order valence-electron chi connectivity index (χ4n) is 3.52. The quantitative estimate of drug-likeness (QED) is 0.200. The number of benzene rings is 3. The molecule has 5 amide bonds. The van der Waals surface area contributed by atoms with Crippen molar-refractivity contribution in [3.63, 3.8) is 0 Å². The van der Waals surface area contributed by atoms with E-state index in [1.165, 1.54) is 25.3 Å². The predicted octanol–water partition coefficient (Wildman–Crippen LogP) is 3.29. The van der Waals surface area contributed by atoms with E-state index in [0.29, 0.717) is 21.9 Å². The predicted molar refractivity (Wildman–Crippen MR) is 136 cm³/mol. The second-order valence-electron chi connectivity index (χ2n) is 7.83. The van der Waals surface area contributed by atoms with E-state index in [1.807, 2.05) is 0 Å². The number of imide groups is 2. The number of ether oxygens (including phenoxy) is 2. The van der Waals surface area contributed by atoms with E-state index >= 15 is 0 Å². The number of barbiturate groups is 1. The first kappa shape index (κ1) is 25.6. The minimum Gasteiger partial charge on any atom is -0.497 e. The molecule has 0 saturated carbocycles. The Morgan fingerprint density at radius 2 is 1.71 bits per heavy atom. The Morgan fingerprint density at radius 1 is 1.03 bits per heavy atom. The number of rotatable bonds is 8. The minimum absolute atomic E-state index is 0.0382. The number of methoxy groups -OCH3 is 1. The summed E-state index contributed by atoms with van der Waals surface area (Å²) in [4.78, 5) is 61.4.